The Balaban J connectivity index is 2.08. The standard InChI is InChI=1S/C21H17N3O/c1-3-24-19-7-5-4-6-15(19)17-11-14(8-9-20(17)24)16-10-13(2)23-21(25)18(16)12-22/h4-11H,3H2,1-2H3,(H,23,25). The van der Waals surface area contributed by atoms with Crippen molar-refractivity contribution in [1.29, 1.82) is 5.26 Å². The molecule has 0 unspecified atom stereocenters. The normalized spacial score (nSPS) is 11.1. The van der Waals surface area contributed by atoms with Gasteiger partial charge in [-0.3, -0.25) is 4.79 Å². The Morgan fingerprint density at radius 3 is 2.60 bits per heavy atom. The summed E-state index contributed by atoms with van der Waals surface area (Å²) in [5.74, 6) is 0. The largest absolute Gasteiger partial charge is 0.341 e. The molecule has 0 saturated heterocycles. The second kappa shape index (κ2) is 5.64. The van der Waals surface area contributed by atoms with Crippen LogP contribution in [0.15, 0.2) is 53.3 Å². The number of aryl methyl sites for hydroxylation is 2. The number of nitriles is 1. The van der Waals surface area contributed by atoms with Gasteiger partial charge < -0.3 is 9.55 Å². The van der Waals surface area contributed by atoms with Gasteiger partial charge in [-0.15, -0.1) is 0 Å². The van der Waals surface area contributed by atoms with Crippen LogP contribution in [0.5, 0.6) is 0 Å². The Morgan fingerprint density at radius 1 is 1.08 bits per heavy atom. The van der Waals surface area contributed by atoms with Crippen LogP contribution in [0.2, 0.25) is 0 Å². The third-order valence-corrected chi connectivity index (χ3v) is 4.68. The molecule has 0 saturated carbocycles. The molecule has 122 valence electrons. The Labute approximate surface area is 145 Å². The van der Waals surface area contributed by atoms with Gasteiger partial charge in [0, 0.05) is 39.6 Å². The summed E-state index contributed by atoms with van der Waals surface area (Å²) in [4.78, 5) is 14.8. The molecule has 0 aliphatic carbocycles. The number of aromatic amines is 1. The molecule has 0 aliphatic heterocycles. The Bertz CT molecular complexity index is 1220. The molecule has 4 heteroatoms. The first-order valence-corrected chi connectivity index (χ1v) is 8.29. The molecule has 4 nitrogen and oxygen atoms in total. The number of H-pyrrole nitrogens is 1. The highest BCUT2D eigenvalue weighted by atomic mass is 16.1. The van der Waals surface area contributed by atoms with Crippen LogP contribution >= 0.6 is 0 Å². The lowest BCUT2D eigenvalue weighted by Crippen LogP contribution is -2.12. The fourth-order valence-electron chi connectivity index (χ4n) is 3.59. The Morgan fingerprint density at radius 2 is 1.84 bits per heavy atom. The molecule has 0 fully saturated rings. The molecule has 2 aromatic carbocycles. The van der Waals surface area contributed by atoms with Crippen LogP contribution in [0.4, 0.5) is 0 Å². The van der Waals surface area contributed by atoms with E-state index >= 15 is 0 Å². The smallest absolute Gasteiger partial charge is 0.266 e. The molecule has 0 amide bonds. The maximum absolute atomic E-state index is 12.1. The van der Waals surface area contributed by atoms with Crippen LogP contribution in [-0.4, -0.2) is 9.55 Å². The highest BCUT2D eigenvalue weighted by molar-refractivity contribution is 6.09. The van der Waals surface area contributed by atoms with Gasteiger partial charge in [0.25, 0.3) is 5.56 Å². The van der Waals surface area contributed by atoms with E-state index in [2.05, 4.69) is 40.7 Å². The van der Waals surface area contributed by atoms with E-state index in [0.29, 0.717) is 5.56 Å². The molecule has 0 spiro atoms. The summed E-state index contributed by atoms with van der Waals surface area (Å²) in [6.45, 7) is 4.85. The fraction of sp³-hybridized carbons (Fsp3) is 0.143. The third-order valence-electron chi connectivity index (χ3n) is 4.68. The summed E-state index contributed by atoms with van der Waals surface area (Å²) in [7, 11) is 0. The van der Waals surface area contributed by atoms with Gasteiger partial charge in [-0.2, -0.15) is 5.26 Å². The lowest BCUT2D eigenvalue weighted by molar-refractivity contribution is 0.827. The van der Waals surface area contributed by atoms with E-state index < -0.39 is 0 Å². The number of pyridine rings is 1. The van der Waals surface area contributed by atoms with Crippen LogP contribution in [0.3, 0.4) is 0 Å². The van der Waals surface area contributed by atoms with E-state index in [1.807, 2.05) is 37.3 Å². The number of nitrogens with zero attached hydrogens (tertiary/aromatic N) is 2. The minimum Gasteiger partial charge on any atom is -0.341 e. The van der Waals surface area contributed by atoms with Crippen molar-refractivity contribution < 1.29 is 0 Å². The third kappa shape index (κ3) is 2.25. The molecule has 2 heterocycles. The molecule has 4 rings (SSSR count). The number of hydrogen-bond donors (Lipinski definition) is 1. The summed E-state index contributed by atoms with van der Waals surface area (Å²) < 4.78 is 2.28. The maximum atomic E-state index is 12.1. The van der Waals surface area contributed by atoms with Crippen molar-refractivity contribution in [3.63, 3.8) is 0 Å². The highest BCUT2D eigenvalue weighted by Crippen LogP contribution is 2.33. The van der Waals surface area contributed by atoms with E-state index in [-0.39, 0.29) is 11.1 Å². The van der Waals surface area contributed by atoms with Gasteiger partial charge in [0.05, 0.1) is 0 Å². The quantitative estimate of drug-likeness (QED) is 0.595. The average molecular weight is 327 g/mol. The van der Waals surface area contributed by atoms with Gasteiger partial charge in [0.2, 0.25) is 0 Å². The number of fused-ring (bicyclic) bond motifs is 3. The summed E-state index contributed by atoms with van der Waals surface area (Å²) >= 11 is 0. The molecule has 2 aromatic heterocycles. The van der Waals surface area contributed by atoms with E-state index in [1.54, 1.807) is 0 Å². The summed E-state index contributed by atoms with van der Waals surface area (Å²) in [6, 6.07) is 18.4. The monoisotopic (exact) mass is 327 g/mol. The van der Waals surface area contributed by atoms with Gasteiger partial charge in [-0.05, 0) is 43.7 Å². The Kier molecular flexibility index (Phi) is 3.43. The zero-order valence-electron chi connectivity index (χ0n) is 14.1. The molecule has 0 radical (unpaired) electrons. The van der Waals surface area contributed by atoms with Gasteiger partial charge in [-0.1, -0.05) is 24.3 Å². The topological polar surface area (TPSA) is 61.6 Å². The highest BCUT2D eigenvalue weighted by Gasteiger charge is 2.14. The molecule has 25 heavy (non-hydrogen) atoms. The van der Waals surface area contributed by atoms with Crippen molar-refractivity contribution in [2.45, 2.75) is 20.4 Å². The van der Waals surface area contributed by atoms with Crippen LogP contribution in [0.1, 0.15) is 18.2 Å². The van der Waals surface area contributed by atoms with E-state index in [1.165, 1.54) is 10.9 Å². The first-order chi connectivity index (χ1) is 12.1. The number of aromatic nitrogens is 2. The van der Waals surface area contributed by atoms with E-state index in [0.717, 1.165) is 28.7 Å². The predicted molar refractivity (Wildman–Crippen MR) is 101 cm³/mol. The molecular weight excluding hydrogens is 310 g/mol. The second-order valence-electron chi connectivity index (χ2n) is 6.18. The molecule has 0 atom stereocenters. The van der Waals surface area contributed by atoms with Gasteiger partial charge >= 0.3 is 0 Å². The zero-order valence-corrected chi connectivity index (χ0v) is 14.1. The van der Waals surface area contributed by atoms with Gasteiger partial charge in [0.15, 0.2) is 0 Å². The molecule has 0 aliphatic rings. The maximum Gasteiger partial charge on any atom is 0.266 e. The SMILES string of the molecule is CCn1c2ccccc2c2cc(-c3cc(C)[nH]c(=O)c3C#N)ccc21. The molecule has 4 aromatic rings. The second-order valence-corrected chi connectivity index (χ2v) is 6.18. The van der Waals surface area contributed by atoms with E-state index in [9.17, 15) is 10.1 Å². The summed E-state index contributed by atoms with van der Waals surface area (Å²) in [6.07, 6.45) is 0. The Hall–Kier alpha value is -3.32. The number of nitrogens with one attached hydrogen (secondary N) is 1. The number of hydrogen-bond acceptors (Lipinski definition) is 2. The van der Waals surface area contributed by atoms with Crippen LogP contribution in [0.25, 0.3) is 32.9 Å². The molecular formula is C21H17N3O. The first-order valence-electron chi connectivity index (χ1n) is 8.29. The van der Waals surface area contributed by atoms with Crippen LogP contribution < -0.4 is 5.56 Å². The van der Waals surface area contributed by atoms with Crippen LogP contribution in [0, 0.1) is 18.3 Å². The van der Waals surface area contributed by atoms with E-state index in [4.69, 9.17) is 0 Å². The number of benzene rings is 2. The van der Waals surface area contributed by atoms with Crippen molar-refractivity contribution in [1.82, 2.24) is 9.55 Å². The zero-order chi connectivity index (χ0) is 17.6. The number of rotatable bonds is 2. The van der Waals surface area contributed by atoms with Crippen molar-refractivity contribution in [2.24, 2.45) is 0 Å². The summed E-state index contributed by atoms with van der Waals surface area (Å²) in [5, 5.41) is 11.7. The minimum atomic E-state index is -0.339. The van der Waals surface area contributed by atoms with Crippen LogP contribution in [-0.2, 0) is 6.54 Å². The lowest BCUT2D eigenvalue weighted by Gasteiger charge is -2.07. The number of para-hydroxylation sites is 1. The fourth-order valence-corrected chi connectivity index (χ4v) is 3.59. The predicted octanol–water partition coefficient (Wildman–Crippen LogP) is 4.35. The molecule has 1 N–H and O–H groups in total. The van der Waals surface area contributed by atoms with Crippen molar-refractivity contribution in [3.05, 3.63) is 70.1 Å². The van der Waals surface area contributed by atoms with Gasteiger partial charge in [0.1, 0.15) is 11.6 Å². The minimum absolute atomic E-state index is 0.157. The van der Waals surface area contributed by atoms with Crippen molar-refractivity contribution in [3.8, 4) is 17.2 Å². The lowest BCUT2D eigenvalue weighted by atomic mass is 9.99. The van der Waals surface area contributed by atoms with Crippen molar-refractivity contribution in [2.75, 3.05) is 0 Å². The first kappa shape index (κ1) is 15.2. The molecule has 0 bridgehead atoms. The summed E-state index contributed by atoms with van der Waals surface area (Å²) in [5.41, 5.74) is 4.48. The van der Waals surface area contributed by atoms with Crippen molar-refractivity contribution >= 4 is 21.8 Å². The average Bonchev–Trinajstić information content (AvgIpc) is 2.94. The van der Waals surface area contributed by atoms with Gasteiger partial charge in [-0.25, -0.2) is 0 Å².